The third-order valence-corrected chi connectivity index (χ3v) is 3.62. The molecule has 17 heavy (non-hydrogen) atoms. The Morgan fingerprint density at radius 1 is 1.47 bits per heavy atom. The number of halogens is 1. The van der Waals surface area contributed by atoms with Crippen LogP contribution in [0.15, 0.2) is 28.2 Å². The molecule has 0 radical (unpaired) electrons. The summed E-state index contributed by atoms with van der Waals surface area (Å²) in [6.45, 7) is 2.08. The van der Waals surface area contributed by atoms with Gasteiger partial charge >= 0.3 is 0 Å². The number of nitrogens with one attached hydrogen (secondary N) is 1. The number of hydrogen-bond acceptors (Lipinski definition) is 5. The van der Waals surface area contributed by atoms with Crippen molar-refractivity contribution in [1.82, 2.24) is 10.2 Å². The van der Waals surface area contributed by atoms with Gasteiger partial charge in [0.15, 0.2) is 0 Å². The lowest BCUT2D eigenvalue weighted by Crippen LogP contribution is -2.06. The van der Waals surface area contributed by atoms with Crippen LogP contribution in [-0.2, 0) is 0 Å². The molecule has 0 aliphatic carbocycles. The van der Waals surface area contributed by atoms with Crippen LogP contribution in [0.1, 0.15) is 18.5 Å². The SMILES string of the molecule is COc1ccc(C(C)Nc2nncs2)cc1Br. The van der Waals surface area contributed by atoms with Gasteiger partial charge in [-0.3, -0.25) is 0 Å². The molecule has 6 heteroatoms. The molecule has 1 atom stereocenters. The summed E-state index contributed by atoms with van der Waals surface area (Å²) in [5.41, 5.74) is 2.87. The van der Waals surface area contributed by atoms with Gasteiger partial charge < -0.3 is 10.1 Å². The topological polar surface area (TPSA) is 47.0 Å². The van der Waals surface area contributed by atoms with Gasteiger partial charge in [-0.15, -0.1) is 10.2 Å². The summed E-state index contributed by atoms with van der Waals surface area (Å²) in [7, 11) is 1.66. The van der Waals surface area contributed by atoms with E-state index < -0.39 is 0 Å². The quantitative estimate of drug-likeness (QED) is 0.938. The van der Waals surface area contributed by atoms with Crippen LogP contribution in [0.25, 0.3) is 0 Å². The summed E-state index contributed by atoms with van der Waals surface area (Å²) in [4.78, 5) is 0. The van der Waals surface area contributed by atoms with Crippen LogP contribution in [0.5, 0.6) is 5.75 Å². The Morgan fingerprint density at radius 3 is 2.88 bits per heavy atom. The Kier molecular flexibility index (Phi) is 3.96. The number of anilines is 1. The first kappa shape index (κ1) is 12.3. The highest BCUT2D eigenvalue weighted by Gasteiger charge is 2.09. The number of aromatic nitrogens is 2. The van der Waals surface area contributed by atoms with Crippen molar-refractivity contribution in [3.63, 3.8) is 0 Å². The molecule has 1 unspecified atom stereocenters. The van der Waals surface area contributed by atoms with Crippen molar-refractivity contribution in [2.75, 3.05) is 12.4 Å². The van der Waals surface area contributed by atoms with E-state index in [1.807, 2.05) is 18.2 Å². The lowest BCUT2D eigenvalue weighted by atomic mass is 10.1. The molecule has 0 aliphatic rings. The molecule has 1 N–H and O–H groups in total. The summed E-state index contributed by atoms with van der Waals surface area (Å²) in [6.07, 6.45) is 0. The second-order valence-corrected chi connectivity index (χ2v) is 5.19. The van der Waals surface area contributed by atoms with Crippen molar-refractivity contribution in [3.05, 3.63) is 33.7 Å². The molecule has 0 bridgehead atoms. The Balaban J connectivity index is 2.14. The number of rotatable bonds is 4. The van der Waals surface area contributed by atoms with E-state index in [1.54, 1.807) is 12.6 Å². The van der Waals surface area contributed by atoms with Crippen molar-refractivity contribution in [3.8, 4) is 5.75 Å². The maximum absolute atomic E-state index is 5.20. The maximum Gasteiger partial charge on any atom is 0.205 e. The van der Waals surface area contributed by atoms with Crippen molar-refractivity contribution in [1.29, 1.82) is 0 Å². The van der Waals surface area contributed by atoms with E-state index in [9.17, 15) is 0 Å². The zero-order valence-corrected chi connectivity index (χ0v) is 11.9. The predicted octanol–water partition coefficient (Wildman–Crippen LogP) is 3.48. The summed E-state index contributed by atoms with van der Waals surface area (Å²) in [5, 5.41) is 11.9. The van der Waals surface area contributed by atoms with Crippen LogP contribution in [0.3, 0.4) is 0 Å². The van der Waals surface area contributed by atoms with Crippen molar-refractivity contribution in [2.45, 2.75) is 13.0 Å². The van der Waals surface area contributed by atoms with Gasteiger partial charge in [0.05, 0.1) is 17.6 Å². The molecule has 90 valence electrons. The third-order valence-electron chi connectivity index (χ3n) is 2.38. The first-order valence-corrected chi connectivity index (χ1v) is 6.74. The number of ether oxygens (including phenoxy) is 1. The smallest absolute Gasteiger partial charge is 0.205 e. The molecule has 2 rings (SSSR count). The Morgan fingerprint density at radius 2 is 2.29 bits per heavy atom. The van der Waals surface area contributed by atoms with Gasteiger partial charge in [-0.2, -0.15) is 0 Å². The van der Waals surface area contributed by atoms with Gasteiger partial charge in [-0.25, -0.2) is 0 Å². The summed E-state index contributed by atoms with van der Waals surface area (Å²) < 4.78 is 6.15. The molecule has 0 fully saturated rings. The summed E-state index contributed by atoms with van der Waals surface area (Å²) in [6, 6.07) is 6.18. The largest absolute Gasteiger partial charge is 0.496 e. The molecule has 1 aromatic carbocycles. The molecule has 0 saturated carbocycles. The minimum absolute atomic E-state index is 0.171. The normalized spacial score (nSPS) is 12.2. The van der Waals surface area contributed by atoms with Gasteiger partial charge in [0.2, 0.25) is 5.13 Å². The number of methoxy groups -OCH3 is 1. The Labute approximate surface area is 112 Å². The first-order valence-electron chi connectivity index (χ1n) is 5.07. The fourth-order valence-electron chi connectivity index (χ4n) is 1.46. The lowest BCUT2D eigenvalue weighted by molar-refractivity contribution is 0.412. The van der Waals surface area contributed by atoms with Crippen molar-refractivity contribution in [2.24, 2.45) is 0 Å². The highest BCUT2D eigenvalue weighted by molar-refractivity contribution is 9.10. The van der Waals surface area contributed by atoms with Gasteiger partial charge in [0.1, 0.15) is 11.3 Å². The van der Waals surface area contributed by atoms with Crippen molar-refractivity contribution < 1.29 is 4.74 Å². The van der Waals surface area contributed by atoms with E-state index in [-0.39, 0.29) is 6.04 Å². The third kappa shape index (κ3) is 2.95. The lowest BCUT2D eigenvalue weighted by Gasteiger charge is -2.14. The van der Waals surface area contributed by atoms with Crippen LogP contribution in [0.4, 0.5) is 5.13 Å². The Bertz CT molecular complexity index is 489. The Hall–Kier alpha value is -1.14. The van der Waals surface area contributed by atoms with Gasteiger partial charge in [0.25, 0.3) is 0 Å². The van der Waals surface area contributed by atoms with Crippen LogP contribution in [-0.4, -0.2) is 17.3 Å². The zero-order chi connectivity index (χ0) is 12.3. The molecule has 4 nitrogen and oxygen atoms in total. The van der Waals surface area contributed by atoms with Crippen LogP contribution >= 0.6 is 27.3 Å². The molecule has 2 aromatic rings. The number of hydrogen-bond donors (Lipinski definition) is 1. The maximum atomic E-state index is 5.20. The molecule has 0 aliphatic heterocycles. The molecule has 1 aromatic heterocycles. The highest BCUT2D eigenvalue weighted by Crippen LogP contribution is 2.29. The zero-order valence-electron chi connectivity index (χ0n) is 9.48. The van der Waals surface area contributed by atoms with Gasteiger partial charge in [0, 0.05) is 0 Å². The fraction of sp³-hybridized carbons (Fsp3) is 0.273. The first-order chi connectivity index (χ1) is 8.20. The molecule has 0 amide bonds. The molecule has 1 heterocycles. The molecular weight excluding hydrogens is 302 g/mol. The van der Waals surface area contributed by atoms with Crippen LogP contribution in [0.2, 0.25) is 0 Å². The van der Waals surface area contributed by atoms with E-state index >= 15 is 0 Å². The second kappa shape index (κ2) is 5.46. The van der Waals surface area contributed by atoms with E-state index in [0.29, 0.717) is 0 Å². The standard InChI is InChI=1S/C11H12BrN3OS/c1-7(14-11-15-13-6-17-11)8-3-4-10(16-2)9(12)5-8/h3-7H,1-2H3,(H,14,15). The molecule has 0 spiro atoms. The number of nitrogens with zero attached hydrogens (tertiary/aromatic N) is 2. The summed E-state index contributed by atoms with van der Waals surface area (Å²) >= 11 is 4.96. The fourth-order valence-corrected chi connectivity index (χ4v) is 2.55. The van der Waals surface area contributed by atoms with Crippen LogP contribution in [0, 0.1) is 0 Å². The minimum atomic E-state index is 0.171. The average Bonchev–Trinajstić information content (AvgIpc) is 2.81. The average molecular weight is 314 g/mol. The minimum Gasteiger partial charge on any atom is -0.496 e. The summed E-state index contributed by atoms with van der Waals surface area (Å²) in [5.74, 6) is 0.830. The second-order valence-electron chi connectivity index (χ2n) is 3.50. The molecule has 0 saturated heterocycles. The monoisotopic (exact) mass is 313 g/mol. The highest BCUT2D eigenvalue weighted by atomic mass is 79.9. The van der Waals surface area contributed by atoms with E-state index in [0.717, 1.165) is 20.9 Å². The van der Waals surface area contributed by atoms with Gasteiger partial charge in [-0.05, 0) is 40.5 Å². The van der Waals surface area contributed by atoms with Crippen LogP contribution < -0.4 is 10.1 Å². The van der Waals surface area contributed by atoms with E-state index in [2.05, 4.69) is 38.4 Å². The number of benzene rings is 1. The predicted molar refractivity (Wildman–Crippen MR) is 72.6 cm³/mol. The van der Waals surface area contributed by atoms with Gasteiger partial charge in [-0.1, -0.05) is 17.4 Å². The molecular formula is C11H12BrN3OS. The van der Waals surface area contributed by atoms with E-state index in [4.69, 9.17) is 4.74 Å². The van der Waals surface area contributed by atoms with E-state index in [1.165, 1.54) is 11.3 Å². The van der Waals surface area contributed by atoms with Crippen molar-refractivity contribution >= 4 is 32.4 Å².